The van der Waals surface area contributed by atoms with Crippen molar-refractivity contribution in [2.24, 2.45) is 0 Å². The number of carbonyl (C=O) groups excluding carboxylic acids is 1. The fourth-order valence-corrected chi connectivity index (χ4v) is 3.08. The molecule has 0 aliphatic carbocycles. The lowest BCUT2D eigenvalue weighted by Crippen LogP contribution is -2.44. The number of piperazine rings is 1. The molecule has 3 aromatic rings. The highest BCUT2D eigenvalue weighted by Crippen LogP contribution is 2.15. The van der Waals surface area contributed by atoms with Gasteiger partial charge in [0.1, 0.15) is 5.69 Å². The van der Waals surface area contributed by atoms with Crippen molar-refractivity contribution in [1.82, 2.24) is 15.3 Å². The standard InChI is InChI=1S/C23H20N4O/c28-22(21-12-13-25-23(26-21)27-16-14-24-15-17-27)20-9-5-4-8-19(20)11-10-18-6-2-1-3-7-18/h1-9,12-13,24H,14-17H2. The van der Waals surface area contributed by atoms with Crippen molar-refractivity contribution in [3.8, 4) is 11.8 Å². The average molecular weight is 368 g/mol. The summed E-state index contributed by atoms with van der Waals surface area (Å²) in [7, 11) is 0. The maximum atomic E-state index is 13.1. The molecule has 1 aromatic heterocycles. The van der Waals surface area contributed by atoms with Gasteiger partial charge in [0, 0.05) is 49.1 Å². The number of carbonyl (C=O) groups is 1. The fourth-order valence-electron chi connectivity index (χ4n) is 3.08. The van der Waals surface area contributed by atoms with Crippen LogP contribution in [0, 0.1) is 11.8 Å². The maximum absolute atomic E-state index is 13.1. The third kappa shape index (κ3) is 4.08. The lowest BCUT2D eigenvalue weighted by atomic mass is 10.0. The molecule has 1 aliphatic heterocycles. The van der Waals surface area contributed by atoms with Crippen molar-refractivity contribution in [2.45, 2.75) is 0 Å². The number of aromatic nitrogens is 2. The molecule has 28 heavy (non-hydrogen) atoms. The summed E-state index contributed by atoms with van der Waals surface area (Å²) in [4.78, 5) is 24.1. The molecule has 2 aromatic carbocycles. The molecule has 1 fully saturated rings. The molecule has 0 spiro atoms. The molecular formula is C23H20N4O. The summed E-state index contributed by atoms with van der Waals surface area (Å²) in [5, 5.41) is 3.30. The van der Waals surface area contributed by atoms with Gasteiger partial charge in [-0.1, -0.05) is 42.2 Å². The van der Waals surface area contributed by atoms with E-state index in [0.717, 1.165) is 31.7 Å². The van der Waals surface area contributed by atoms with Gasteiger partial charge in [-0.15, -0.1) is 0 Å². The van der Waals surface area contributed by atoms with E-state index in [4.69, 9.17) is 0 Å². The number of ketones is 1. The normalized spacial score (nSPS) is 13.5. The van der Waals surface area contributed by atoms with Crippen LogP contribution in [0.3, 0.4) is 0 Å². The van der Waals surface area contributed by atoms with Crippen molar-refractivity contribution in [1.29, 1.82) is 0 Å². The van der Waals surface area contributed by atoms with E-state index >= 15 is 0 Å². The number of nitrogens with one attached hydrogen (secondary N) is 1. The third-order valence-electron chi connectivity index (χ3n) is 4.56. The molecule has 1 aliphatic rings. The predicted octanol–water partition coefficient (Wildman–Crippen LogP) is 2.52. The third-order valence-corrected chi connectivity index (χ3v) is 4.56. The first-order chi connectivity index (χ1) is 13.8. The first-order valence-electron chi connectivity index (χ1n) is 9.31. The van der Waals surface area contributed by atoms with Crippen molar-refractivity contribution < 1.29 is 4.79 Å². The molecule has 2 heterocycles. The average Bonchev–Trinajstić information content (AvgIpc) is 2.79. The Hall–Kier alpha value is -3.49. The van der Waals surface area contributed by atoms with Gasteiger partial charge in [-0.3, -0.25) is 4.79 Å². The number of benzene rings is 2. The van der Waals surface area contributed by atoms with Crippen LogP contribution in [0.4, 0.5) is 5.95 Å². The van der Waals surface area contributed by atoms with Gasteiger partial charge >= 0.3 is 0 Å². The molecule has 0 saturated carbocycles. The van der Waals surface area contributed by atoms with E-state index in [1.807, 2.05) is 48.5 Å². The summed E-state index contributed by atoms with van der Waals surface area (Å²) < 4.78 is 0. The van der Waals surface area contributed by atoms with Gasteiger partial charge in [-0.2, -0.15) is 0 Å². The van der Waals surface area contributed by atoms with Crippen molar-refractivity contribution >= 4 is 11.7 Å². The molecule has 4 rings (SSSR count). The van der Waals surface area contributed by atoms with Crippen LogP contribution < -0.4 is 10.2 Å². The maximum Gasteiger partial charge on any atom is 0.226 e. The number of anilines is 1. The van der Waals surface area contributed by atoms with Crippen LogP contribution in [0.1, 0.15) is 27.2 Å². The van der Waals surface area contributed by atoms with Crippen LogP contribution in [-0.2, 0) is 0 Å². The fraction of sp³-hybridized carbons (Fsp3) is 0.174. The Morgan fingerprint density at radius 3 is 2.50 bits per heavy atom. The van der Waals surface area contributed by atoms with Crippen LogP contribution in [0.15, 0.2) is 66.9 Å². The summed E-state index contributed by atoms with van der Waals surface area (Å²) in [5.74, 6) is 6.70. The summed E-state index contributed by atoms with van der Waals surface area (Å²) in [6.07, 6.45) is 1.65. The molecule has 1 saturated heterocycles. The van der Waals surface area contributed by atoms with E-state index in [-0.39, 0.29) is 5.78 Å². The lowest BCUT2D eigenvalue weighted by molar-refractivity contribution is 0.103. The van der Waals surface area contributed by atoms with Gasteiger partial charge in [0.25, 0.3) is 0 Å². The molecule has 5 nitrogen and oxygen atoms in total. The Kier molecular flexibility index (Phi) is 5.41. The number of hydrogen-bond acceptors (Lipinski definition) is 5. The molecule has 0 bridgehead atoms. The second-order valence-corrected chi connectivity index (χ2v) is 6.47. The van der Waals surface area contributed by atoms with Gasteiger partial charge in [-0.05, 0) is 30.3 Å². The Balaban J connectivity index is 1.63. The SMILES string of the molecule is O=C(c1ccnc(N2CCNCC2)n1)c1ccccc1C#Cc1ccccc1. The largest absolute Gasteiger partial charge is 0.338 e. The number of hydrogen-bond donors (Lipinski definition) is 1. The number of nitrogens with zero attached hydrogens (tertiary/aromatic N) is 3. The van der Waals surface area contributed by atoms with Crippen LogP contribution in [0.25, 0.3) is 0 Å². The van der Waals surface area contributed by atoms with Crippen molar-refractivity contribution in [3.05, 3.63) is 89.2 Å². The van der Waals surface area contributed by atoms with E-state index in [0.29, 0.717) is 22.8 Å². The van der Waals surface area contributed by atoms with Crippen LogP contribution in [-0.4, -0.2) is 41.9 Å². The number of rotatable bonds is 3. The van der Waals surface area contributed by atoms with E-state index in [1.54, 1.807) is 18.3 Å². The molecule has 5 heteroatoms. The van der Waals surface area contributed by atoms with Crippen molar-refractivity contribution in [2.75, 3.05) is 31.1 Å². The van der Waals surface area contributed by atoms with Gasteiger partial charge in [0.15, 0.2) is 0 Å². The molecule has 0 atom stereocenters. The van der Waals surface area contributed by atoms with Gasteiger partial charge in [-0.25, -0.2) is 9.97 Å². The Morgan fingerprint density at radius 2 is 1.68 bits per heavy atom. The van der Waals surface area contributed by atoms with E-state index in [2.05, 4.69) is 32.0 Å². The topological polar surface area (TPSA) is 58.1 Å². The first kappa shape index (κ1) is 17.9. The molecule has 1 N–H and O–H groups in total. The molecular weight excluding hydrogens is 348 g/mol. The Labute approximate surface area is 164 Å². The smallest absolute Gasteiger partial charge is 0.226 e. The highest BCUT2D eigenvalue weighted by molar-refractivity contribution is 6.09. The van der Waals surface area contributed by atoms with E-state index in [1.165, 1.54) is 0 Å². The van der Waals surface area contributed by atoms with E-state index in [9.17, 15) is 4.79 Å². The molecule has 0 amide bonds. The Bertz CT molecular complexity index is 1030. The van der Waals surface area contributed by atoms with Crippen molar-refractivity contribution in [3.63, 3.8) is 0 Å². The molecule has 138 valence electrons. The van der Waals surface area contributed by atoms with Gasteiger partial charge in [0.2, 0.25) is 11.7 Å². The van der Waals surface area contributed by atoms with Gasteiger partial charge in [0.05, 0.1) is 0 Å². The lowest BCUT2D eigenvalue weighted by Gasteiger charge is -2.27. The minimum Gasteiger partial charge on any atom is -0.338 e. The second-order valence-electron chi connectivity index (χ2n) is 6.47. The monoisotopic (exact) mass is 368 g/mol. The van der Waals surface area contributed by atoms with Gasteiger partial charge < -0.3 is 10.2 Å². The zero-order valence-electron chi connectivity index (χ0n) is 15.4. The quantitative estimate of drug-likeness (QED) is 0.569. The molecule has 0 radical (unpaired) electrons. The highest BCUT2D eigenvalue weighted by Gasteiger charge is 2.18. The Morgan fingerprint density at radius 1 is 0.929 bits per heavy atom. The predicted molar refractivity (Wildman–Crippen MR) is 109 cm³/mol. The zero-order chi connectivity index (χ0) is 19.2. The van der Waals surface area contributed by atoms with Crippen LogP contribution in [0.2, 0.25) is 0 Å². The van der Waals surface area contributed by atoms with Crippen LogP contribution >= 0.6 is 0 Å². The zero-order valence-corrected chi connectivity index (χ0v) is 15.4. The molecule has 0 unspecified atom stereocenters. The minimum atomic E-state index is -0.142. The highest BCUT2D eigenvalue weighted by atomic mass is 16.1. The summed E-state index contributed by atoms with van der Waals surface area (Å²) in [6.45, 7) is 3.44. The summed E-state index contributed by atoms with van der Waals surface area (Å²) >= 11 is 0. The minimum absolute atomic E-state index is 0.142. The summed E-state index contributed by atoms with van der Waals surface area (Å²) in [6, 6.07) is 18.8. The van der Waals surface area contributed by atoms with E-state index < -0.39 is 0 Å². The summed E-state index contributed by atoms with van der Waals surface area (Å²) in [5.41, 5.74) is 2.54. The first-order valence-corrected chi connectivity index (χ1v) is 9.31. The van der Waals surface area contributed by atoms with Crippen LogP contribution in [0.5, 0.6) is 0 Å². The second kappa shape index (κ2) is 8.47.